The Kier molecular flexibility index (Phi) is 9.64. The molecule has 0 rings (SSSR count). The summed E-state index contributed by atoms with van der Waals surface area (Å²) in [4.78, 5) is 0. The predicted molar refractivity (Wildman–Crippen MR) is 142 cm³/mol. The average molecular weight is 445 g/mol. The average Bonchev–Trinajstić information content (AvgIpc) is 2.46. The fourth-order valence-corrected chi connectivity index (χ4v) is 58.3. The molecule has 0 aliphatic heterocycles. The van der Waals surface area contributed by atoms with Crippen LogP contribution in [0.25, 0.3) is 0 Å². The summed E-state index contributed by atoms with van der Waals surface area (Å²) in [6.07, 6.45) is 0. The highest BCUT2D eigenvalue weighted by Gasteiger charge is 2.66. The van der Waals surface area contributed by atoms with Crippen LogP contribution >= 0.6 is 0 Å². The fourth-order valence-electron chi connectivity index (χ4n) is 8.70. The summed E-state index contributed by atoms with van der Waals surface area (Å²) in [5.41, 5.74) is 2.70. The van der Waals surface area contributed by atoms with Crippen molar-refractivity contribution in [3.05, 3.63) is 0 Å². The van der Waals surface area contributed by atoms with Crippen molar-refractivity contribution in [2.75, 3.05) is 0 Å². The van der Waals surface area contributed by atoms with E-state index in [2.05, 4.69) is 102 Å². The topological polar surface area (TPSA) is 0 Å². The van der Waals surface area contributed by atoms with E-state index in [1.165, 1.54) is 18.1 Å². The van der Waals surface area contributed by atoms with Gasteiger partial charge in [0.1, 0.15) is 0 Å². The molecule has 164 valence electrons. The number of hydrogen-bond donors (Lipinski definition) is 0. The van der Waals surface area contributed by atoms with Crippen LogP contribution < -0.4 is 0 Å². The van der Waals surface area contributed by atoms with E-state index in [4.69, 9.17) is 0 Å². The van der Waals surface area contributed by atoms with E-state index in [0.717, 1.165) is 16.6 Å². The SMILES string of the molecule is CC[Si](CC)(CC)C(C)(C[Si](C)(C)C)[Si](C)(C)[Si](C(C)C)(C(C)C)C(C)C. The van der Waals surface area contributed by atoms with Crippen LogP contribution in [0.3, 0.4) is 0 Å². The molecule has 0 radical (unpaired) electrons. The molecule has 0 aliphatic rings. The third-order valence-corrected chi connectivity index (χ3v) is 46.9. The second-order valence-electron chi connectivity index (χ2n) is 12.4. The van der Waals surface area contributed by atoms with Crippen molar-refractivity contribution in [1.82, 2.24) is 0 Å². The van der Waals surface area contributed by atoms with E-state index < -0.39 is 31.3 Å². The third kappa shape index (κ3) is 4.48. The molecule has 0 amide bonds. The Morgan fingerprint density at radius 2 is 0.926 bits per heavy atom. The van der Waals surface area contributed by atoms with Gasteiger partial charge in [-0.2, -0.15) is 0 Å². The lowest BCUT2D eigenvalue weighted by molar-refractivity contribution is 0.783. The number of hydrogen-bond acceptors (Lipinski definition) is 0. The lowest BCUT2D eigenvalue weighted by atomic mass is 10.5. The Hall–Kier alpha value is 0.868. The molecule has 0 saturated heterocycles. The third-order valence-electron chi connectivity index (χ3n) is 9.41. The van der Waals surface area contributed by atoms with Crippen LogP contribution in [0.1, 0.15) is 69.2 Å². The van der Waals surface area contributed by atoms with E-state index in [1.807, 2.05) is 0 Å². The highest BCUT2D eigenvalue weighted by atomic mass is 29.3. The second-order valence-corrected chi connectivity index (χ2v) is 40.2. The molecular weight excluding hydrogens is 389 g/mol. The Balaban J connectivity index is 7.14. The van der Waals surface area contributed by atoms with Crippen LogP contribution in [0.15, 0.2) is 0 Å². The number of rotatable bonds is 11. The first kappa shape index (κ1) is 27.9. The van der Waals surface area contributed by atoms with Gasteiger partial charge in [-0.25, -0.2) is 0 Å². The van der Waals surface area contributed by atoms with Gasteiger partial charge in [-0.1, -0.05) is 143 Å². The van der Waals surface area contributed by atoms with E-state index in [1.54, 1.807) is 6.04 Å². The Morgan fingerprint density at radius 3 is 1.11 bits per heavy atom. The van der Waals surface area contributed by atoms with Crippen LogP contribution in [0.4, 0.5) is 0 Å². The van der Waals surface area contributed by atoms with Gasteiger partial charge in [-0.3, -0.25) is 0 Å². The van der Waals surface area contributed by atoms with Crippen molar-refractivity contribution in [3.8, 4) is 0 Å². The standard InChI is InChI=1S/C23H56Si4/c1-16-26(17-2,18-3)23(10,19-24(11,12)13)25(14,15)27(20(4)5,21(6)7)22(8)9/h20-22H,16-19H2,1-15H3. The summed E-state index contributed by atoms with van der Waals surface area (Å²) in [6, 6.07) is 6.07. The van der Waals surface area contributed by atoms with Crippen LogP contribution in [-0.2, 0) is 0 Å². The van der Waals surface area contributed by atoms with Crippen molar-refractivity contribution in [2.45, 2.75) is 147 Å². The highest BCUT2D eigenvalue weighted by molar-refractivity contribution is 7.46. The van der Waals surface area contributed by atoms with E-state index >= 15 is 0 Å². The summed E-state index contributed by atoms with van der Waals surface area (Å²) < 4.78 is 0.674. The molecule has 0 saturated carbocycles. The fraction of sp³-hybridized carbons (Fsp3) is 1.00. The predicted octanol–water partition coefficient (Wildman–Crippen LogP) is 9.60. The zero-order valence-electron chi connectivity index (χ0n) is 22.1. The lowest BCUT2D eigenvalue weighted by Crippen LogP contribution is -2.75. The van der Waals surface area contributed by atoms with Crippen LogP contribution in [0.2, 0.25) is 78.2 Å². The molecule has 4 heteroatoms. The smallest absolute Gasteiger partial charge is 0.0555 e. The zero-order chi connectivity index (χ0) is 22.1. The summed E-state index contributed by atoms with van der Waals surface area (Å²) >= 11 is 0. The van der Waals surface area contributed by atoms with Gasteiger partial charge in [-0.15, -0.1) is 0 Å². The van der Waals surface area contributed by atoms with Gasteiger partial charge in [0.25, 0.3) is 0 Å². The highest BCUT2D eigenvalue weighted by Crippen LogP contribution is 2.63. The van der Waals surface area contributed by atoms with Crippen molar-refractivity contribution in [2.24, 2.45) is 0 Å². The van der Waals surface area contributed by atoms with Crippen LogP contribution in [0.5, 0.6) is 0 Å². The largest absolute Gasteiger partial charge is 0.0711 e. The molecule has 0 heterocycles. The zero-order valence-corrected chi connectivity index (χ0v) is 26.1. The maximum atomic E-state index is 2.90. The Morgan fingerprint density at radius 1 is 0.630 bits per heavy atom. The van der Waals surface area contributed by atoms with Crippen LogP contribution in [0, 0.1) is 0 Å². The molecule has 0 spiro atoms. The van der Waals surface area contributed by atoms with Gasteiger partial charge < -0.3 is 0 Å². The van der Waals surface area contributed by atoms with Gasteiger partial charge >= 0.3 is 0 Å². The molecule has 0 aromatic heterocycles. The molecule has 0 fully saturated rings. The molecule has 0 aliphatic carbocycles. The van der Waals surface area contributed by atoms with Crippen molar-refractivity contribution in [1.29, 1.82) is 0 Å². The second kappa shape index (κ2) is 9.34. The summed E-state index contributed by atoms with van der Waals surface area (Å²) in [7, 11) is -5.44. The first-order chi connectivity index (χ1) is 12.0. The quantitative estimate of drug-likeness (QED) is 0.278. The van der Waals surface area contributed by atoms with E-state index in [0.29, 0.717) is 4.66 Å². The van der Waals surface area contributed by atoms with Crippen molar-refractivity contribution in [3.63, 3.8) is 0 Å². The minimum Gasteiger partial charge on any atom is -0.0711 e. The van der Waals surface area contributed by atoms with E-state index in [9.17, 15) is 0 Å². The van der Waals surface area contributed by atoms with Gasteiger partial charge in [0.2, 0.25) is 0 Å². The molecule has 0 aromatic rings. The summed E-state index contributed by atoms with van der Waals surface area (Å²) in [5.74, 6) is 0. The summed E-state index contributed by atoms with van der Waals surface area (Å²) in [6.45, 7) is 40.0. The first-order valence-electron chi connectivity index (χ1n) is 12.0. The van der Waals surface area contributed by atoms with Gasteiger partial charge in [0.05, 0.1) is 15.7 Å². The molecule has 0 nitrogen and oxygen atoms in total. The molecule has 1 atom stereocenters. The lowest BCUT2D eigenvalue weighted by Gasteiger charge is -2.66. The van der Waals surface area contributed by atoms with Gasteiger partial charge in [0.15, 0.2) is 0 Å². The molecule has 0 N–H and O–H groups in total. The van der Waals surface area contributed by atoms with Gasteiger partial charge in [-0.05, 0) is 4.66 Å². The summed E-state index contributed by atoms with van der Waals surface area (Å²) in [5, 5.41) is 0. The molecule has 27 heavy (non-hydrogen) atoms. The monoisotopic (exact) mass is 444 g/mol. The minimum absolute atomic E-state index is 0.674. The Bertz CT molecular complexity index is 425. The van der Waals surface area contributed by atoms with Gasteiger partial charge in [0, 0.05) is 15.7 Å². The molecule has 0 bridgehead atoms. The maximum Gasteiger partial charge on any atom is 0.0555 e. The maximum absolute atomic E-state index is 2.90. The van der Waals surface area contributed by atoms with E-state index in [-0.39, 0.29) is 0 Å². The van der Waals surface area contributed by atoms with Crippen molar-refractivity contribution < 1.29 is 0 Å². The van der Waals surface area contributed by atoms with Crippen molar-refractivity contribution >= 4 is 31.3 Å². The molecule has 0 aromatic carbocycles. The normalized spacial score (nSPS) is 17.1. The first-order valence-corrected chi connectivity index (χ1v) is 24.5. The Labute approximate surface area is 178 Å². The minimum atomic E-state index is -1.50. The van der Waals surface area contributed by atoms with Crippen LogP contribution in [-0.4, -0.2) is 31.3 Å². The molecule has 1 unspecified atom stereocenters. The molecular formula is C23H56Si4.